The molecule has 4 nitrogen and oxygen atoms in total. The van der Waals surface area contributed by atoms with Gasteiger partial charge in [-0.3, -0.25) is 4.79 Å². The molecule has 0 amide bonds. The van der Waals surface area contributed by atoms with Gasteiger partial charge in [0.15, 0.2) is 12.4 Å². The van der Waals surface area contributed by atoms with Crippen LogP contribution in [0, 0.1) is 0 Å². The Balaban J connectivity index is 2.34. The van der Waals surface area contributed by atoms with Gasteiger partial charge >= 0.3 is 5.97 Å². The van der Waals surface area contributed by atoms with E-state index in [1.54, 1.807) is 12.1 Å². The average Bonchev–Trinajstić information content (AvgIpc) is 2.60. The molecule has 2 rings (SSSR count). The minimum atomic E-state index is -1.07. The summed E-state index contributed by atoms with van der Waals surface area (Å²) in [6.07, 6.45) is 1.22. The standard InChI is InChI=1S/C13H12BrClO4/c1-2-13(14)5-7-3-10(19-6-11(16)17)9(15)4-8(7)12(13)18/h3-4H,2,5-6H2,1H3,(H,16,17). The second-order valence-corrected chi connectivity index (χ2v) is 6.37. The largest absolute Gasteiger partial charge is 0.480 e. The van der Waals surface area contributed by atoms with Crippen molar-refractivity contribution in [2.45, 2.75) is 24.1 Å². The molecule has 1 aliphatic carbocycles. The first-order chi connectivity index (χ1) is 8.87. The van der Waals surface area contributed by atoms with Crippen LogP contribution >= 0.6 is 27.5 Å². The molecule has 0 spiro atoms. The summed E-state index contributed by atoms with van der Waals surface area (Å²) in [5, 5.41) is 8.84. The summed E-state index contributed by atoms with van der Waals surface area (Å²) in [6, 6.07) is 3.20. The zero-order valence-corrected chi connectivity index (χ0v) is 12.5. The number of Topliss-reactive ketones (excluding diaryl/α,β-unsaturated/α-hetero) is 1. The molecule has 102 valence electrons. The first-order valence-corrected chi connectivity index (χ1v) is 6.95. The SMILES string of the molecule is CCC1(Br)Cc2cc(OCC(=O)O)c(Cl)cc2C1=O. The van der Waals surface area contributed by atoms with Crippen LogP contribution in [-0.2, 0) is 11.2 Å². The molecule has 1 aromatic carbocycles. The molecule has 1 N–H and O–H groups in total. The predicted octanol–water partition coefficient (Wildman–Crippen LogP) is 3.09. The van der Waals surface area contributed by atoms with Gasteiger partial charge in [0, 0.05) is 5.56 Å². The molecule has 1 aromatic rings. The van der Waals surface area contributed by atoms with Gasteiger partial charge in [0.05, 0.1) is 9.35 Å². The minimum absolute atomic E-state index is 0.0108. The lowest BCUT2D eigenvalue weighted by molar-refractivity contribution is -0.139. The van der Waals surface area contributed by atoms with Crippen LogP contribution < -0.4 is 4.74 Å². The zero-order valence-electron chi connectivity index (χ0n) is 10.2. The van der Waals surface area contributed by atoms with Gasteiger partial charge in [-0.1, -0.05) is 34.5 Å². The van der Waals surface area contributed by atoms with E-state index in [2.05, 4.69) is 15.9 Å². The molecule has 6 heteroatoms. The van der Waals surface area contributed by atoms with E-state index >= 15 is 0 Å². The normalized spacial score (nSPS) is 21.3. The number of alkyl halides is 1. The molecule has 1 atom stereocenters. The Morgan fingerprint density at radius 3 is 2.84 bits per heavy atom. The van der Waals surface area contributed by atoms with Gasteiger partial charge < -0.3 is 9.84 Å². The highest BCUT2D eigenvalue weighted by Crippen LogP contribution is 2.42. The lowest BCUT2D eigenvalue weighted by atomic mass is 10.0. The molecule has 0 radical (unpaired) electrons. The van der Waals surface area contributed by atoms with Crippen molar-refractivity contribution in [3.63, 3.8) is 0 Å². The van der Waals surface area contributed by atoms with E-state index in [0.717, 1.165) is 5.56 Å². The first kappa shape index (κ1) is 14.3. The van der Waals surface area contributed by atoms with Crippen molar-refractivity contribution in [3.8, 4) is 5.75 Å². The van der Waals surface area contributed by atoms with E-state index in [0.29, 0.717) is 24.2 Å². The van der Waals surface area contributed by atoms with Crippen molar-refractivity contribution in [1.82, 2.24) is 0 Å². The van der Waals surface area contributed by atoms with Crippen molar-refractivity contribution < 1.29 is 19.4 Å². The molecular formula is C13H12BrClO4. The van der Waals surface area contributed by atoms with Gasteiger partial charge in [-0.15, -0.1) is 0 Å². The summed E-state index contributed by atoms with van der Waals surface area (Å²) < 4.78 is 4.52. The molecule has 0 bridgehead atoms. The number of carbonyl (C=O) groups is 2. The third kappa shape index (κ3) is 2.62. The van der Waals surface area contributed by atoms with Crippen molar-refractivity contribution >= 4 is 39.3 Å². The number of fused-ring (bicyclic) bond motifs is 1. The maximum absolute atomic E-state index is 12.2. The van der Waals surface area contributed by atoms with Crippen LogP contribution in [0.15, 0.2) is 12.1 Å². The van der Waals surface area contributed by atoms with Crippen LogP contribution in [0.5, 0.6) is 5.75 Å². The molecule has 1 aliphatic rings. The zero-order chi connectivity index (χ0) is 14.2. The molecular weight excluding hydrogens is 335 g/mol. The highest BCUT2D eigenvalue weighted by Gasteiger charge is 2.42. The number of hydrogen-bond acceptors (Lipinski definition) is 3. The van der Waals surface area contributed by atoms with E-state index < -0.39 is 16.9 Å². The molecule has 19 heavy (non-hydrogen) atoms. The van der Waals surface area contributed by atoms with Crippen molar-refractivity contribution in [3.05, 3.63) is 28.3 Å². The number of hydrogen-bond donors (Lipinski definition) is 1. The van der Waals surface area contributed by atoms with Gasteiger partial charge in [0.25, 0.3) is 0 Å². The van der Waals surface area contributed by atoms with E-state index in [4.69, 9.17) is 21.4 Å². The van der Waals surface area contributed by atoms with Crippen molar-refractivity contribution in [2.24, 2.45) is 0 Å². The summed E-state index contributed by atoms with van der Waals surface area (Å²) in [5.41, 5.74) is 1.40. The van der Waals surface area contributed by atoms with Crippen LogP contribution in [0.25, 0.3) is 0 Å². The lowest BCUT2D eigenvalue weighted by Crippen LogP contribution is -2.27. The van der Waals surface area contributed by atoms with Gasteiger partial charge in [-0.05, 0) is 30.5 Å². The molecule has 0 aromatic heterocycles. The van der Waals surface area contributed by atoms with Gasteiger partial charge in [-0.25, -0.2) is 4.79 Å². The van der Waals surface area contributed by atoms with Crippen molar-refractivity contribution in [1.29, 1.82) is 0 Å². The maximum atomic E-state index is 12.2. The van der Waals surface area contributed by atoms with Crippen LogP contribution in [0.1, 0.15) is 29.3 Å². The van der Waals surface area contributed by atoms with Gasteiger partial charge in [-0.2, -0.15) is 0 Å². The topological polar surface area (TPSA) is 63.6 Å². The Hall–Kier alpha value is -1.07. The van der Waals surface area contributed by atoms with E-state index in [1.165, 1.54) is 0 Å². The van der Waals surface area contributed by atoms with Crippen LogP contribution in [0.3, 0.4) is 0 Å². The number of ketones is 1. The summed E-state index contributed by atoms with van der Waals surface area (Å²) in [7, 11) is 0. The summed E-state index contributed by atoms with van der Waals surface area (Å²) in [6.45, 7) is 1.47. The number of halogens is 2. The average molecular weight is 348 g/mol. The second-order valence-electron chi connectivity index (χ2n) is 4.45. The molecule has 0 fully saturated rings. The molecule has 1 unspecified atom stereocenters. The number of carboxylic acids is 1. The Kier molecular flexibility index (Phi) is 3.87. The summed E-state index contributed by atoms with van der Waals surface area (Å²) in [5.74, 6) is -0.767. The Bertz CT molecular complexity index is 558. The van der Waals surface area contributed by atoms with E-state index in [1.807, 2.05) is 6.92 Å². The fraction of sp³-hybridized carbons (Fsp3) is 0.385. The highest BCUT2D eigenvalue weighted by molar-refractivity contribution is 9.10. The van der Waals surface area contributed by atoms with E-state index in [9.17, 15) is 9.59 Å². The van der Waals surface area contributed by atoms with Crippen LogP contribution in [0.4, 0.5) is 0 Å². The Morgan fingerprint density at radius 2 is 2.26 bits per heavy atom. The van der Waals surface area contributed by atoms with Gasteiger partial charge in [0.1, 0.15) is 5.75 Å². The Labute approximate surface area is 123 Å². The second kappa shape index (κ2) is 5.13. The monoisotopic (exact) mass is 346 g/mol. The van der Waals surface area contributed by atoms with Crippen LogP contribution in [0.2, 0.25) is 5.02 Å². The first-order valence-electron chi connectivity index (χ1n) is 5.78. The molecule has 0 heterocycles. The molecule has 0 saturated carbocycles. The van der Waals surface area contributed by atoms with Gasteiger partial charge in [0.2, 0.25) is 0 Å². The predicted molar refractivity (Wildman–Crippen MR) is 74.6 cm³/mol. The number of carboxylic acid groups (broad SMARTS) is 1. The van der Waals surface area contributed by atoms with Crippen molar-refractivity contribution in [2.75, 3.05) is 6.61 Å². The Morgan fingerprint density at radius 1 is 1.58 bits per heavy atom. The molecule has 0 saturated heterocycles. The summed E-state index contributed by atoms with van der Waals surface area (Å²) in [4.78, 5) is 22.7. The number of benzene rings is 1. The number of rotatable bonds is 4. The van der Waals surface area contributed by atoms with E-state index in [-0.39, 0.29) is 10.8 Å². The fourth-order valence-corrected chi connectivity index (χ4v) is 2.85. The molecule has 0 aliphatic heterocycles. The number of ether oxygens (including phenoxy) is 1. The third-order valence-corrected chi connectivity index (χ3v) is 4.69. The smallest absolute Gasteiger partial charge is 0.341 e. The quantitative estimate of drug-likeness (QED) is 0.850. The maximum Gasteiger partial charge on any atom is 0.341 e. The lowest BCUT2D eigenvalue weighted by Gasteiger charge is -2.15. The highest BCUT2D eigenvalue weighted by atomic mass is 79.9. The fourth-order valence-electron chi connectivity index (χ4n) is 2.11. The number of aliphatic carboxylic acids is 1. The minimum Gasteiger partial charge on any atom is -0.480 e. The number of carbonyl (C=O) groups excluding carboxylic acids is 1. The van der Waals surface area contributed by atoms with Crippen LogP contribution in [-0.4, -0.2) is 27.8 Å². The third-order valence-electron chi connectivity index (χ3n) is 3.19. The summed E-state index contributed by atoms with van der Waals surface area (Å²) >= 11 is 9.48.